The fourth-order valence-corrected chi connectivity index (χ4v) is 4.33. The van der Waals surface area contributed by atoms with E-state index in [-0.39, 0.29) is 0 Å². The summed E-state index contributed by atoms with van der Waals surface area (Å²) in [6.07, 6.45) is 6.77. The highest BCUT2D eigenvalue weighted by atomic mass is 16.3. The Morgan fingerprint density at radius 3 is 2.75 bits per heavy atom. The second-order valence-corrected chi connectivity index (χ2v) is 7.09. The summed E-state index contributed by atoms with van der Waals surface area (Å²) in [6, 6.07) is 12.7. The van der Waals surface area contributed by atoms with Crippen LogP contribution in [0, 0.1) is 11.8 Å². The Morgan fingerprint density at radius 1 is 1.04 bits per heavy atom. The van der Waals surface area contributed by atoms with Crippen LogP contribution in [0.25, 0.3) is 11.3 Å². The van der Waals surface area contributed by atoms with Gasteiger partial charge in [-0.05, 0) is 23.5 Å². The van der Waals surface area contributed by atoms with Crippen molar-refractivity contribution in [1.29, 1.82) is 0 Å². The summed E-state index contributed by atoms with van der Waals surface area (Å²) in [5, 5.41) is 0. The number of hydrogen-bond donors (Lipinski definition) is 0. The maximum atomic E-state index is 5.21. The number of aromatic nitrogens is 2. The van der Waals surface area contributed by atoms with Crippen molar-refractivity contribution >= 4 is 0 Å². The zero-order valence-electron chi connectivity index (χ0n) is 13.6. The maximum Gasteiger partial charge on any atom is 0.109 e. The Morgan fingerprint density at radius 2 is 1.92 bits per heavy atom. The van der Waals surface area contributed by atoms with E-state index in [1.165, 1.54) is 35.7 Å². The fourth-order valence-electron chi connectivity index (χ4n) is 4.33. The molecule has 24 heavy (non-hydrogen) atoms. The summed E-state index contributed by atoms with van der Waals surface area (Å²) in [4.78, 5) is 7.29. The van der Waals surface area contributed by atoms with E-state index in [1.54, 1.807) is 6.26 Å². The number of nitrogens with zero attached hydrogens (tertiary/aromatic N) is 3. The monoisotopic (exact) mass is 319 g/mol. The maximum absolute atomic E-state index is 5.21. The van der Waals surface area contributed by atoms with Gasteiger partial charge in [0.05, 0.1) is 24.4 Å². The average Bonchev–Trinajstić information content (AvgIpc) is 3.32. The van der Waals surface area contributed by atoms with Gasteiger partial charge in [-0.15, -0.1) is 0 Å². The molecule has 122 valence electrons. The van der Waals surface area contributed by atoms with Crippen molar-refractivity contribution < 1.29 is 4.42 Å². The highest BCUT2D eigenvalue weighted by molar-refractivity contribution is 5.59. The summed E-state index contributed by atoms with van der Waals surface area (Å²) < 4.78 is 7.65. The highest BCUT2D eigenvalue weighted by Crippen LogP contribution is 2.35. The van der Waals surface area contributed by atoms with Crippen molar-refractivity contribution in [2.75, 3.05) is 13.1 Å². The topological polar surface area (TPSA) is 34.2 Å². The van der Waals surface area contributed by atoms with Gasteiger partial charge in [-0.25, -0.2) is 4.98 Å². The van der Waals surface area contributed by atoms with Gasteiger partial charge >= 0.3 is 0 Å². The molecule has 1 aromatic carbocycles. The van der Waals surface area contributed by atoms with Crippen LogP contribution in [-0.2, 0) is 19.5 Å². The van der Waals surface area contributed by atoms with Crippen molar-refractivity contribution in [1.82, 2.24) is 14.5 Å². The molecule has 2 aliphatic rings. The van der Waals surface area contributed by atoms with E-state index in [4.69, 9.17) is 9.40 Å². The molecule has 0 spiro atoms. The van der Waals surface area contributed by atoms with E-state index in [1.807, 2.05) is 6.26 Å². The van der Waals surface area contributed by atoms with Gasteiger partial charge in [0.15, 0.2) is 0 Å². The summed E-state index contributed by atoms with van der Waals surface area (Å²) in [7, 11) is 0. The molecule has 0 radical (unpaired) electrons. The molecule has 4 heteroatoms. The van der Waals surface area contributed by atoms with Crippen molar-refractivity contribution in [2.24, 2.45) is 11.8 Å². The number of likely N-dealkylation sites (tertiary alicyclic amines) is 1. The van der Waals surface area contributed by atoms with Gasteiger partial charge in [-0.1, -0.05) is 30.3 Å². The van der Waals surface area contributed by atoms with Crippen LogP contribution in [0.1, 0.15) is 11.4 Å². The Kier molecular flexibility index (Phi) is 3.30. The van der Waals surface area contributed by atoms with Gasteiger partial charge in [-0.2, -0.15) is 0 Å². The number of rotatable bonds is 3. The van der Waals surface area contributed by atoms with Crippen LogP contribution in [0.15, 0.2) is 59.5 Å². The SMILES string of the molecule is c1ccc(-c2cnc3n2C[C@@H]2CN(Cc4ccoc4)C[C@H]2C3)cc1. The Bertz CT molecular complexity index is 822. The molecule has 0 unspecified atom stereocenters. The van der Waals surface area contributed by atoms with Crippen molar-refractivity contribution in [2.45, 2.75) is 19.5 Å². The smallest absolute Gasteiger partial charge is 0.109 e. The number of imidazole rings is 1. The average molecular weight is 319 g/mol. The largest absolute Gasteiger partial charge is 0.472 e. The Hall–Kier alpha value is -2.33. The molecule has 4 heterocycles. The van der Waals surface area contributed by atoms with Gasteiger partial charge in [0.2, 0.25) is 0 Å². The predicted octanol–water partition coefficient (Wildman–Crippen LogP) is 3.45. The number of benzene rings is 1. The number of hydrogen-bond acceptors (Lipinski definition) is 3. The highest BCUT2D eigenvalue weighted by Gasteiger charge is 2.37. The third-order valence-corrected chi connectivity index (χ3v) is 5.51. The quantitative estimate of drug-likeness (QED) is 0.741. The lowest BCUT2D eigenvalue weighted by Crippen LogP contribution is -2.28. The van der Waals surface area contributed by atoms with Gasteiger partial charge in [0.1, 0.15) is 5.82 Å². The molecule has 0 N–H and O–H groups in total. The van der Waals surface area contributed by atoms with Crippen LogP contribution in [0.2, 0.25) is 0 Å². The van der Waals surface area contributed by atoms with Crippen LogP contribution < -0.4 is 0 Å². The van der Waals surface area contributed by atoms with Crippen LogP contribution in [0.3, 0.4) is 0 Å². The summed E-state index contributed by atoms with van der Waals surface area (Å²) >= 11 is 0. The van der Waals surface area contributed by atoms with Crippen molar-refractivity contribution in [3.05, 3.63) is 66.5 Å². The lowest BCUT2D eigenvalue weighted by molar-refractivity contribution is 0.306. The number of furan rings is 1. The molecule has 2 aliphatic heterocycles. The first-order chi connectivity index (χ1) is 11.9. The molecule has 0 aliphatic carbocycles. The Labute approximate surface area is 141 Å². The second-order valence-electron chi connectivity index (χ2n) is 7.09. The minimum atomic E-state index is 0.723. The fraction of sp³-hybridized carbons (Fsp3) is 0.350. The standard InChI is InChI=1S/C20H21N3O/c1-2-4-16(5-3-1)19-9-21-20-8-17-11-22(10-15-6-7-24-14-15)12-18(17)13-23(19)20/h1-7,9,14,17-18H,8,10-13H2/t17-,18+/m1/s1. The Balaban J connectivity index is 1.37. The molecular formula is C20H21N3O. The van der Waals surface area contributed by atoms with Gasteiger partial charge in [0, 0.05) is 38.2 Å². The first-order valence-electron chi connectivity index (χ1n) is 8.70. The molecule has 1 saturated heterocycles. The molecule has 2 atom stereocenters. The third-order valence-electron chi connectivity index (χ3n) is 5.51. The third kappa shape index (κ3) is 2.38. The number of fused-ring (bicyclic) bond motifs is 2. The normalized spacial score (nSPS) is 23.2. The van der Waals surface area contributed by atoms with Crippen molar-refractivity contribution in [3.8, 4) is 11.3 Å². The minimum absolute atomic E-state index is 0.723. The predicted molar refractivity (Wildman–Crippen MR) is 92.3 cm³/mol. The molecule has 5 rings (SSSR count). The second kappa shape index (κ2) is 5.64. The van der Waals surface area contributed by atoms with Gasteiger partial charge < -0.3 is 8.98 Å². The molecule has 0 amide bonds. The molecule has 1 fully saturated rings. The first-order valence-corrected chi connectivity index (χ1v) is 8.70. The van der Waals surface area contributed by atoms with Crippen LogP contribution in [0.4, 0.5) is 0 Å². The summed E-state index contributed by atoms with van der Waals surface area (Å²) in [5.41, 5.74) is 3.80. The van der Waals surface area contributed by atoms with E-state index >= 15 is 0 Å². The lowest BCUT2D eigenvalue weighted by Gasteiger charge is -2.27. The lowest BCUT2D eigenvalue weighted by atomic mass is 9.89. The van der Waals surface area contributed by atoms with Crippen molar-refractivity contribution in [3.63, 3.8) is 0 Å². The first kappa shape index (κ1) is 14.1. The van der Waals surface area contributed by atoms with Crippen LogP contribution >= 0.6 is 0 Å². The summed E-state index contributed by atoms with van der Waals surface area (Å²) in [5.74, 6) is 2.71. The molecule has 0 bridgehead atoms. The molecule has 4 nitrogen and oxygen atoms in total. The van der Waals surface area contributed by atoms with E-state index in [0.29, 0.717) is 0 Å². The molecule has 0 saturated carbocycles. The minimum Gasteiger partial charge on any atom is -0.472 e. The van der Waals surface area contributed by atoms with Gasteiger partial charge in [0.25, 0.3) is 0 Å². The summed E-state index contributed by atoms with van der Waals surface area (Å²) in [6.45, 7) is 4.43. The van der Waals surface area contributed by atoms with E-state index < -0.39 is 0 Å². The zero-order valence-corrected chi connectivity index (χ0v) is 13.6. The van der Waals surface area contributed by atoms with Crippen LogP contribution in [-0.4, -0.2) is 27.5 Å². The molecule has 3 aromatic rings. The van der Waals surface area contributed by atoms with E-state index in [9.17, 15) is 0 Å². The molecular weight excluding hydrogens is 298 g/mol. The van der Waals surface area contributed by atoms with Gasteiger partial charge in [-0.3, -0.25) is 4.90 Å². The van der Waals surface area contributed by atoms with E-state index in [2.05, 4.69) is 52.1 Å². The molecule has 2 aromatic heterocycles. The zero-order chi connectivity index (χ0) is 15.9. The van der Waals surface area contributed by atoms with Crippen LogP contribution in [0.5, 0.6) is 0 Å². The van der Waals surface area contributed by atoms with E-state index in [0.717, 1.165) is 31.3 Å².